The molecule has 1 aromatic heterocycles. The predicted octanol–water partition coefficient (Wildman–Crippen LogP) is 6.73. The van der Waals surface area contributed by atoms with Gasteiger partial charge in [-0.15, -0.1) is 0 Å². The van der Waals surface area contributed by atoms with E-state index in [1.54, 1.807) is 0 Å². The summed E-state index contributed by atoms with van der Waals surface area (Å²) < 4.78 is 2.27. The molecule has 0 amide bonds. The van der Waals surface area contributed by atoms with Gasteiger partial charge in [-0.25, -0.2) is 0 Å². The third-order valence-electron chi connectivity index (χ3n) is 5.83. The predicted molar refractivity (Wildman–Crippen MR) is 126 cm³/mol. The molecule has 2 heteroatoms. The first-order chi connectivity index (χ1) is 14.1. The molecule has 0 atom stereocenters. The molecule has 0 aliphatic heterocycles. The van der Waals surface area contributed by atoms with Crippen LogP contribution in [0.4, 0.5) is 5.69 Å². The van der Waals surface area contributed by atoms with Crippen molar-refractivity contribution in [2.75, 3.05) is 19.0 Å². The van der Waals surface area contributed by atoms with Crippen molar-refractivity contribution in [3.8, 4) is 22.3 Å². The molecule has 0 radical (unpaired) electrons. The molecule has 0 aliphatic carbocycles. The van der Waals surface area contributed by atoms with E-state index < -0.39 is 0 Å². The summed E-state index contributed by atoms with van der Waals surface area (Å²) in [5, 5.41) is 2.61. The Balaban J connectivity index is 1.60. The van der Waals surface area contributed by atoms with E-state index in [2.05, 4.69) is 122 Å². The van der Waals surface area contributed by atoms with Crippen LogP contribution in [0.1, 0.15) is 0 Å². The highest BCUT2D eigenvalue weighted by Gasteiger charge is 2.09. The number of rotatable bonds is 3. The van der Waals surface area contributed by atoms with Gasteiger partial charge in [-0.1, -0.05) is 54.6 Å². The van der Waals surface area contributed by atoms with Crippen LogP contribution in [0.25, 0.3) is 44.1 Å². The van der Waals surface area contributed by atoms with Crippen molar-refractivity contribution in [3.63, 3.8) is 0 Å². The average molecular weight is 377 g/mol. The molecule has 0 spiro atoms. The molecule has 0 N–H and O–H groups in total. The number of aryl methyl sites for hydroxylation is 1. The molecule has 5 rings (SSSR count). The van der Waals surface area contributed by atoms with Crippen molar-refractivity contribution in [2.24, 2.45) is 7.05 Å². The zero-order valence-corrected chi connectivity index (χ0v) is 17.1. The van der Waals surface area contributed by atoms with Crippen molar-refractivity contribution in [2.45, 2.75) is 0 Å². The molecule has 2 nitrogen and oxygen atoms in total. The minimum Gasteiger partial charge on any atom is -0.378 e. The lowest BCUT2D eigenvalue weighted by atomic mass is 9.98. The number of hydrogen-bond donors (Lipinski definition) is 0. The van der Waals surface area contributed by atoms with Crippen LogP contribution in [0.15, 0.2) is 91.0 Å². The molecule has 0 bridgehead atoms. The third-order valence-corrected chi connectivity index (χ3v) is 5.83. The van der Waals surface area contributed by atoms with E-state index in [0.29, 0.717) is 0 Å². The highest BCUT2D eigenvalue weighted by Crippen LogP contribution is 2.33. The monoisotopic (exact) mass is 376 g/mol. The van der Waals surface area contributed by atoms with Gasteiger partial charge in [-0.05, 0) is 58.7 Å². The Labute approximate surface area is 171 Å². The fraction of sp³-hybridized carbons (Fsp3) is 0.111. The average Bonchev–Trinajstić information content (AvgIpc) is 3.06. The summed E-state index contributed by atoms with van der Waals surface area (Å²) in [6.45, 7) is 0. The van der Waals surface area contributed by atoms with Gasteiger partial charge in [0.25, 0.3) is 0 Å². The normalized spacial score (nSPS) is 11.3. The van der Waals surface area contributed by atoms with Gasteiger partial charge in [0.1, 0.15) is 0 Å². The smallest absolute Gasteiger partial charge is 0.0489 e. The van der Waals surface area contributed by atoms with E-state index in [1.807, 2.05) is 0 Å². The van der Waals surface area contributed by atoms with E-state index in [4.69, 9.17) is 0 Å². The van der Waals surface area contributed by atoms with Gasteiger partial charge < -0.3 is 9.47 Å². The van der Waals surface area contributed by atoms with Crippen molar-refractivity contribution in [1.82, 2.24) is 4.57 Å². The molecule has 0 saturated heterocycles. The van der Waals surface area contributed by atoms with Crippen LogP contribution in [-0.4, -0.2) is 18.7 Å². The topological polar surface area (TPSA) is 8.17 Å². The summed E-state index contributed by atoms with van der Waals surface area (Å²) in [4.78, 5) is 2.12. The van der Waals surface area contributed by atoms with Crippen LogP contribution >= 0.6 is 0 Å². The van der Waals surface area contributed by atoms with Crippen molar-refractivity contribution in [1.29, 1.82) is 0 Å². The summed E-state index contributed by atoms with van der Waals surface area (Å²) in [7, 11) is 6.28. The summed E-state index contributed by atoms with van der Waals surface area (Å²) >= 11 is 0. The molecule has 29 heavy (non-hydrogen) atoms. The molecular weight excluding hydrogens is 352 g/mol. The number of hydrogen-bond acceptors (Lipinski definition) is 1. The highest BCUT2D eigenvalue weighted by atomic mass is 15.1. The number of nitrogens with zero attached hydrogens (tertiary/aromatic N) is 2. The first kappa shape index (κ1) is 17.6. The summed E-state index contributed by atoms with van der Waals surface area (Å²) in [5.74, 6) is 0. The van der Waals surface area contributed by atoms with Crippen LogP contribution in [0.5, 0.6) is 0 Å². The van der Waals surface area contributed by atoms with Crippen LogP contribution in [0.2, 0.25) is 0 Å². The van der Waals surface area contributed by atoms with E-state index in [0.717, 1.165) is 0 Å². The lowest BCUT2D eigenvalue weighted by molar-refractivity contribution is 1.01. The summed E-state index contributed by atoms with van der Waals surface area (Å²) in [6, 6.07) is 33.0. The molecule has 0 unspecified atom stereocenters. The van der Waals surface area contributed by atoms with Gasteiger partial charge in [-0.3, -0.25) is 0 Å². The lowest BCUT2D eigenvalue weighted by Gasteiger charge is -2.13. The first-order valence-electron chi connectivity index (χ1n) is 9.97. The highest BCUT2D eigenvalue weighted by molar-refractivity contribution is 6.09. The number of fused-ring (bicyclic) bond motifs is 3. The largest absolute Gasteiger partial charge is 0.378 e. The maximum absolute atomic E-state index is 2.33. The molecule has 0 aliphatic rings. The van der Waals surface area contributed by atoms with Gasteiger partial charge in [0.2, 0.25) is 0 Å². The Bertz CT molecular complexity index is 1320. The van der Waals surface area contributed by atoms with Crippen molar-refractivity contribution < 1.29 is 0 Å². The third kappa shape index (κ3) is 2.98. The van der Waals surface area contributed by atoms with E-state index >= 15 is 0 Å². The zero-order chi connectivity index (χ0) is 20.0. The fourth-order valence-electron chi connectivity index (χ4n) is 4.18. The van der Waals surface area contributed by atoms with Gasteiger partial charge in [0, 0.05) is 48.6 Å². The maximum Gasteiger partial charge on any atom is 0.0489 e. The van der Waals surface area contributed by atoms with Gasteiger partial charge in [0.05, 0.1) is 0 Å². The number of benzene rings is 4. The van der Waals surface area contributed by atoms with Crippen LogP contribution in [-0.2, 0) is 7.05 Å². The first-order valence-corrected chi connectivity index (χ1v) is 9.97. The minimum absolute atomic E-state index is 1.21. The van der Waals surface area contributed by atoms with Crippen LogP contribution in [0.3, 0.4) is 0 Å². The van der Waals surface area contributed by atoms with E-state index in [9.17, 15) is 0 Å². The fourth-order valence-corrected chi connectivity index (χ4v) is 4.18. The Morgan fingerprint density at radius 3 is 1.93 bits per heavy atom. The number of para-hydroxylation sites is 1. The Hall–Kier alpha value is -3.52. The summed E-state index contributed by atoms with van der Waals surface area (Å²) in [5.41, 5.74) is 8.73. The van der Waals surface area contributed by atoms with E-state index in [1.165, 1.54) is 49.7 Å². The molecule has 0 saturated carbocycles. The second-order valence-corrected chi connectivity index (χ2v) is 7.83. The van der Waals surface area contributed by atoms with E-state index in [-0.39, 0.29) is 0 Å². The number of aromatic nitrogens is 1. The quantitative estimate of drug-likeness (QED) is 0.339. The molecular formula is C27H24N2. The van der Waals surface area contributed by atoms with Crippen molar-refractivity contribution in [3.05, 3.63) is 91.0 Å². The van der Waals surface area contributed by atoms with Crippen LogP contribution in [0, 0.1) is 0 Å². The Kier molecular flexibility index (Phi) is 4.13. The molecule has 0 fully saturated rings. The molecule has 1 heterocycles. The molecule has 4 aromatic carbocycles. The molecule has 5 aromatic rings. The second-order valence-electron chi connectivity index (χ2n) is 7.83. The lowest BCUT2D eigenvalue weighted by Crippen LogP contribution is -2.07. The van der Waals surface area contributed by atoms with Gasteiger partial charge in [0.15, 0.2) is 0 Å². The Morgan fingerprint density at radius 2 is 1.17 bits per heavy atom. The zero-order valence-electron chi connectivity index (χ0n) is 17.1. The summed E-state index contributed by atoms with van der Waals surface area (Å²) in [6.07, 6.45) is 0. The van der Waals surface area contributed by atoms with Gasteiger partial charge >= 0.3 is 0 Å². The van der Waals surface area contributed by atoms with Crippen LogP contribution < -0.4 is 4.90 Å². The second kappa shape index (κ2) is 6.82. The van der Waals surface area contributed by atoms with Gasteiger partial charge in [-0.2, -0.15) is 0 Å². The molecule has 142 valence electrons. The Morgan fingerprint density at radius 1 is 0.552 bits per heavy atom. The maximum atomic E-state index is 2.33. The van der Waals surface area contributed by atoms with Crippen molar-refractivity contribution >= 4 is 27.5 Å². The standard InChI is InChI=1S/C27H24N2/c1-28(2)23-14-11-19(12-15-23)20-7-6-8-21(17-20)22-13-16-27-25(18-22)24-9-4-5-10-26(24)29(27)3/h4-18H,1-3H3. The SMILES string of the molecule is CN(C)c1ccc(-c2cccc(-c3ccc4c(c3)c3ccccc3n4C)c2)cc1. The minimum atomic E-state index is 1.21. The number of anilines is 1.